The van der Waals surface area contributed by atoms with Crippen molar-refractivity contribution in [3.05, 3.63) is 18.2 Å². The number of hydrogen-bond acceptors (Lipinski definition) is 8. The van der Waals surface area contributed by atoms with Crippen LogP contribution in [0.25, 0.3) is 0 Å². The van der Waals surface area contributed by atoms with E-state index >= 15 is 0 Å². The zero-order valence-electron chi connectivity index (χ0n) is 19.0. The van der Waals surface area contributed by atoms with Crippen molar-refractivity contribution in [3.8, 4) is 0 Å². The molecule has 0 spiro atoms. The summed E-state index contributed by atoms with van der Waals surface area (Å²) in [4.78, 5) is 55.9. The zero-order chi connectivity index (χ0) is 25.0. The van der Waals surface area contributed by atoms with Crippen molar-refractivity contribution in [2.75, 3.05) is 18.6 Å². The fourth-order valence-electron chi connectivity index (χ4n) is 2.88. The van der Waals surface area contributed by atoms with Crippen molar-refractivity contribution in [2.45, 2.75) is 57.3 Å². The van der Waals surface area contributed by atoms with Gasteiger partial charge in [-0.15, -0.1) is 0 Å². The first-order chi connectivity index (χ1) is 15.6. The van der Waals surface area contributed by atoms with Crippen LogP contribution in [0.2, 0.25) is 0 Å². The molecule has 0 saturated heterocycles. The van der Waals surface area contributed by atoms with Gasteiger partial charge in [-0.25, -0.2) is 9.78 Å². The number of H-pyrrole nitrogens is 1. The van der Waals surface area contributed by atoms with E-state index in [4.69, 9.17) is 5.73 Å². The molecule has 1 rings (SSSR count). The van der Waals surface area contributed by atoms with E-state index < -0.39 is 54.5 Å². The Kier molecular flexibility index (Phi) is 12.5. The van der Waals surface area contributed by atoms with Gasteiger partial charge in [0.05, 0.1) is 19.0 Å². The number of aliphatic hydroxyl groups is 1. The van der Waals surface area contributed by atoms with Gasteiger partial charge in [0.15, 0.2) is 0 Å². The van der Waals surface area contributed by atoms with Gasteiger partial charge in [0, 0.05) is 18.3 Å². The molecular weight excluding hydrogens is 452 g/mol. The number of aliphatic carboxylic acids is 1. The second-order valence-corrected chi connectivity index (χ2v) is 8.67. The Balaban J connectivity index is 2.84. The van der Waals surface area contributed by atoms with Crippen molar-refractivity contribution >= 4 is 35.5 Å². The summed E-state index contributed by atoms with van der Waals surface area (Å²) in [6, 6.07) is -4.48. The Labute approximate surface area is 196 Å². The third-order valence-electron chi connectivity index (χ3n) is 5.17. The monoisotopic (exact) mass is 486 g/mol. The molecule has 186 valence electrons. The summed E-state index contributed by atoms with van der Waals surface area (Å²) < 4.78 is 0. The summed E-state index contributed by atoms with van der Waals surface area (Å²) in [7, 11) is 0. The van der Waals surface area contributed by atoms with Crippen LogP contribution < -0.4 is 21.7 Å². The number of thioether (sulfide) groups is 1. The van der Waals surface area contributed by atoms with E-state index in [9.17, 15) is 29.4 Å². The number of hydrogen-bond donors (Lipinski definition) is 7. The number of aromatic amines is 1. The number of carboxylic acid groups (broad SMARTS) is 1. The number of amides is 3. The summed E-state index contributed by atoms with van der Waals surface area (Å²) in [6.45, 7) is 2.84. The van der Waals surface area contributed by atoms with E-state index in [2.05, 4.69) is 25.9 Å². The Morgan fingerprint density at radius 1 is 1.15 bits per heavy atom. The van der Waals surface area contributed by atoms with Crippen LogP contribution in [0.1, 0.15) is 32.4 Å². The number of imidazole rings is 1. The molecule has 1 heterocycles. The molecule has 0 aliphatic carbocycles. The van der Waals surface area contributed by atoms with Crippen molar-refractivity contribution in [1.82, 2.24) is 25.9 Å². The van der Waals surface area contributed by atoms with Crippen LogP contribution in [-0.2, 0) is 25.6 Å². The SMILES string of the molecule is CCC(C)C(NC(=O)C(N)CCSC)C(=O)NC(CO)C(=O)NC(Cc1cnc[nH]1)C(=O)O. The molecule has 0 aliphatic heterocycles. The van der Waals surface area contributed by atoms with Crippen LogP contribution >= 0.6 is 11.8 Å². The molecule has 5 atom stereocenters. The second-order valence-electron chi connectivity index (χ2n) is 7.68. The summed E-state index contributed by atoms with van der Waals surface area (Å²) >= 11 is 1.55. The van der Waals surface area contributed by atoms with Crippen molar-refractivity contribution in [1.29, 1.82) is 0 Å². The van der Waals surface area contributed by atoms with Crippen LogP contribution in [0.5, 0.6) is 0 Å². The van der Waals surface area contributed by atoms with Crippen molar-refractivity contribution in [2.24, 2.45) is 11.7 Å². The van der Waals surface area contributed by atoms with Crippen LogP contribution in [0, 0.1) is 5.92 Å². The highest BCUT2D eigenvalue weighted by Gasteiger charge is 2.32. The van der Waals surface area contributed by atoms with E-state index in [1.165, 1.54) is 12.5 Å². The lowest BCUT2D eigenvalue weighted by Gasteiger charge is -2.27. The third kappa shape index (κ3) is 9.40. The van der Waals surface area contributed by atoms with Gasteiger partial charge in [-0.3, -0.25) is 14.4 Å². The van der Waals surface area contributed by atoms with Crippen LogP contribution in [0.15, 0.2) is 12.5 Å². The van der Waals surface area contributed by atoms with Gasteiger partial charge in [0.25, 0.3) is 0 Å². The number of aromatic nitrogens is 2. The lowest BCUT2D eigenvalue weighted by Crippen LogP contribution is -2.59. The lowest BCUT2D eigenvalue weighted by molar-refractivity contribution is -0.142. The maximum atomic E-state index is 12.9. The smallest absolute Gasteiger partial charge is 0.326 e. The number of carbonyl (C=O) groups excluding carboxylic acids is 3. The van der Waals surface area contributed by atoms with Gasteiger partial charge < -0.3 is 36.9 Å². The third-order valence-corrected chi connectivity index (χ3v) is 5.82. The van der Waals surface area contributed by atoms with Crippen LogP contribution in [-0.4, -0.2) is 86.7 Å². The minimum absolute atomic E-state index is 0.0628. The molecule has 0 aromatic carbocycles. The second kappa shape index (κ2) is 14.5. The number of carbonyl (C=O) groups is 4. The number of aliphatic hydroxyl groups excluding tert-OH is 1. The van der Waals surface area contributed by atoms with Gasteiger partial charge in [0.1, 0.15) is 18.1 Å². The molecule has 0 saturated carbocycles. The standard InChI is InChI=1S/C20H34N6O6S/c1-4-11(2)16(26-17(28)13(21)5-6-33-3)19(30)25-15(9-27)18(29)24-14(20(31)32)7-12-8-22-10-23-12/h8,10-11,13-16,27H,4-7,9,21H2,1-3H3,(H,22,23)(H,24,29)(H,25,30)(H,26,28)(H,31,32). The van der Waals surface area contributed by atoms with Crippen molar-refractivity contribution < 1.29 is 29.4 Å². The fourth-order valence-corrected chi connectivity index (χ4v) is 3.37. The minimum atomic E-state index is -1.41. The maximum Gasteiger partial charge on any atom is 0.326 e. The van der Waals surface area contributed by atoms with Crippen LogP contribution in [0.3, 0.4) is 0 Å². The van der Waals surface area contributed by atoms with E-state index in [1.54, 1.807) is 18.7 Å². The summed E-state index contributed by atoms with van der Waals surface area (Å²) in [5.41, 5.74) is 6.37. The van der Waals surface area contributed by atoms with E-state index in [0.29, 0.717) is 24.3 Å². The quantitative estimate of drug-likeness (QED) is 0.156. The van der Waals surface area contributed by atoms with Gasteiger partial charge in [-0.05, 0) is 24.3 Å². The van der Waals surface area contributed by atoms with Crippen molar-refractivity contribution in [3.63, 3.8) is 0 Å². The minimum Gasteiger partial charge on any atom is -0.480 e. The molecule has 12 nitrogen and oxygen atoms in total. The first-order valence-corrected chi connectivity index (χ1v) is 12.0. The van der Waals surface area contributed by atoms with Gasteiger partial charge in [-0.1, -0.05) is 20.3 Å². The number of nitrogens with two attached hydrogens (primary N) is 1. The van der Waals surface area contributed by atoms with E-state index in [-0.39, 0.29) is 12.3 Å². The number of nitrogens with zero attached hydrogens (tertiary/aromatic N) is 1. The van der Waals surface area contributed by atoms with E-state index in [1.807, 2.05) is 13.2 Å². The Morgan fingerprint density at radius 2 is 1.82 bits per heavy atom. The average Bonchev–Trinajstić information content (AvgIpc) is 3.30. The Hall–Kier alpha value is -2.64. The molecule has 1 aromatic heterocycles. The molecule has 1 aromatic rings. The largest absolute Gasteiger partial charge is 0.480 e. The molecule has 5 unspecified atom stereocenters. The first kappa shape index (κ1) is 28.4. The highest BCUT2D eigenvalue weighted by Crippen LogP contribution is 2.10. The molecular formula is C20H34N6O6S. The Morgan fingerprint density at radius 3 is 2.33 bits per heavy atom. The number of carboxylic acids is 1. The average molecular weight is 487 g/mol. The summed E-state index contributed by atoms with van der Waals surface area (Å²) in [6.07, 6.45) is 5.63. The first-order valence-electron chi connectivity index (χ1n) is 10.6. The lowest BCUT2D eigenvalue weighted by atomic mass is 9.97. The molecule has 3 amide bonds. The number of rotatable bonds is 15. The Bertz CT molecular complexity index is 777. The van der Waals surface area contributed by atoms with Crippen LogP contribution in [0.4, 0.5) is 0 Å². The van der Waals surface area contributed by atoms with Gasteiger partial charge >= 0.3 is 5.97 Å². The predicted molar refractivity (Wildman–Crippen MR) is 123 cm³/mol. The highest BCUT2D eigenvalue weighted by molar-refractivity contribution is 7.98. The molecule has 13 heteroatoms. The zero-order valence-corrected chi connectivity index (χ0v) is 19.9. The highest BCUT2D eigenvalue weighted by atomic mass is 32.2. The topological polar surface area (TPSA) is 200 Å². The molecule has 8 N–H and O–H groups in total. The molecule has 0 aliphatic rings. The fraction of sp³-hybridized carbons (Fsp3) is 0.650. The van der Waals surface area contributed by atoms with E-state index in [0.717, 1.165) is 0 Å². The molecule has 0 radical (unpaired) electrons. The van der Waals surface area contributed by atoms with Gasteiger partial charge in [0.2, 0.25) is 17.7 Å². The van der Waals surface area contributed by atoms with Gasteiger partial charge in [-0.2, -0.15) is 11.8 Å². The molecule has 0 fully saturated rings. The molecule has 0 bridgehead atoms. The maximum absolute atomic E-state index is 12.9. The predicted octanol–water partition coefficient (Wildman–Crippen LogP) is -1.39. The summed E-state index contributed by atoms with van der Waals surface area (Å²) in [5.74, 6) is -2.92. The normalized spacial score (nSPS) is 15.5. The molecule has 33 heavy (non-hydrogen) atoms. The number of nitrogens with one attached hydrogen (secondary N) is 4. The summed E-state index contributed by atoms with van der Waals surface area (Å²) in [5, 5.41) is 26.4.